The Balaban J connectivity index is 1.59. The molecule has 0 spiro atoms. The minimum atomic E-state index is -0.106. The summed E-state index contributed by atoms with van der Waals surface area (Å²) >= 11 is 0. The molecule has 0 unspecified atom stereocenters. The van der Waals surface area contributed by atoms with Crippen LogP contribution in [-0.2, 0) is 13.0 Å². The average molecular weight is 334 g/mol. The first-order chi connectivity index (χ1) is 12.2. The fraction of sp³-hybridized carbons (Fsp3) is 0.278. The Labute approximate surface area is 145 Å². The maximum Gasteiger partial charge on any atom is 0.274 e. The second-order valence-corrected chi connectivity index (χ2v) is 5.95. The number of nitrogens with zero attached hydrogens (tertiary/aromatic N) is 5. The molecular formula is C18H18N6O. The summed E-state index contributed by atoms with van der Waals surface area (Å²) in [7, 11) is 0. The van der Waals surface area contributed by atoms with E-state index in [0.29, 0.717) is 25.2 Å². The number of rotatable bonds is 3. The molecule has 2 aromatic heterocycles. The Kier molecular flexibility index (Phi) is 3.97. The molecule has 126 valence electrons. The van der Waals surface area contributed by atoms with Gasteiger partial charge in [0.05, 0.1) is 22.9 Å². The molecule has 0 bridgehead atoms. The number of hydrogen-bond donors (Lipinski definition) is 1. The fourth-order valence-electron chi connectivity index (χ4n) is 2.99. The van der Waals surface area contributed by atoms with Gasteiger partial charge < -0.3 is 10.2 Å². The fourth-order valence-corrected chi connectivity index (χ4v) is 2.99. The van der Waals surface area contributed by atoms with Crippen LogP contribution in [0.3, 0.4) is 0 Å². The van der Waals surface area contributed by atoms with Crippen LogP contribution in [0.4, 0.5) is 5.82 Å². The molecule has 1 aliphatic rings. The molecule has 1 aromatic carbocycles. The number of amides is 1. The monoisotopic (exact) mass is 334 g/mol. The molecule has 0 fully saturated rings. The van der Waals surface area contributed by atoms with Gasteiger partial charge in [0, 0.05) is 26.1 Å². The van der Waals surface area contributed by atoms with Crippen LogP contribution in [0.25, 0.3) is 11.0 Å². The van der Waals surface area contributed by atoms with Crippen LogP contribution < -0.4 is 5.32 Å². The van der Waals surface area contributed by atoms with Crippen molar-refractivity contribution >= 4 is 22.8 Å². The highest BCUT2D eigenvalue weighted by Gasteiger charge is 2.24. The van der Waals surface area contributed by atoms with Crippen molar-refractivity contribution in [3.63, 3.8) is 0 Å². The second-order valence-electron chi connectivity index (χ2n) is 5.95. The largest absolute Gasteiger partial charge is 0.369 e. The van der Waals surface area contributed by atoms with Gasteiger partial charge >= 0.3 is 0 Å². The topological polar surface area (TPSA) is 83.9 Å². The van der Waals surface area contributed by atoms with Gasteiger partial charge in [-0.1, -0.05) is 12.1 Å². The minimum Gasteiger partial charge on any atom is -0.369 e. The van der Waals surface area contributed by atoms with Crippen LogP contribution in [-0.4, -0.2) is 44.1 Å². The standard InChI is InChI=1S/C18H18N6O/c1-2-19-17-9-12-11-24(8-7-13(12)22-23-17)18(25)16-10-20-14-5-3-4-6-15(14)21-16/h3-6,9-10H,2,7-8,11H2,1H3,(H,19,23). The molecule has 0 radical (unpaired) electrons. The van der Waals surface area contributed by atoms with E-state index in [-0.39, 0.29) is 5.91 Å². The number of anilines is 1. The molecule has 1 aliphatic heterocycles. The molecule has 4 rings (SSSR count). The minimum absolute atomic E-state index is 0.106. The molecule has 0 aliphatic carbocycles. The molecule has 0 saturated heterocycles. The predicted molar refractivity (Wildman–Crippen MR) is 94.2 cm³/mol. The third kappa shape index (κ3) is 3.00. The number of hydrogen-bond acceptors (Lipinski definition) is 6. The molecule has 1 N–H and O–H groups in total. The van der Waals surface area contributed by atoms with E-state index in [0.717, 1.165) is 34.7 Å². The third-order valence-electron chi connectivity index (χ3n) is 4.25. The maximum absolute atomic E-state index is 12.8. The first-order valence-electron chi connectivity index (χ1n) is 8.35. The van der Waals surface area contributed by atoms with E-state index in [1.165, 1.54) is 0 Å². The van der Waals surface area contributed by atoms with Gasteiger partial charge in [-0.15, -0.1) is 5.10 Å². The van der Waals surface area contributed by atoms with Crippen molar-refractivity contribution in [3.05, 3.63) is 53.5 Å². The molecule has 0 saturated carbocycles. The van der Waals surface area contributed by atoms with Crippen molar-refractivity contribution in [1.29, 1.82) is 0 Å². The van der Waals surface area contributed by atoms with Crippen LogP contribution in [0.2, 0.25) is 0 Å². The number of carbonyl (C=O) groups is 1. The maximum atomic E-state index is 12.8. The van der Waals surface area contributed by atoms with E-state index in [9.17, 15) is 4.79 Å². The number of benzene rings is 1. The zero-order valence-electron chi connectivity index (χ0n) is 13.9. The zero-order valence-corrected chi connectivity index (χ0v) is 13.9. The SMILES string of the molecule is CCNc1cc2c(nn1)CCN(C(=O)c1cnc3ccccc3n1)C2. The summed E-state index contributed by atoms with van der Waals surface area (Å²) in [5.41, 5.74) is 3.87. The summed E-state index contributed by atoms with van der Waals surface area (Å²) in [6.07, 6.45) is 2.25. The quantitative estimate of drug-likeness (QED) is 0.789. The summed E-state index contributed by atoms with van der Waals surface area (Å²) in [6.45, 7) is 3.91. The van der Waals surface area contributed by atoms with Crippen molar-refractivity contribution in [1.82, 2.24) is 25.1 Å². The van der Waals surface area contributed by atoms with Crippen LogP contribution in [0.15, 0.2) is 36.5 Å². The Bertz CT molecular complexity index is 942. The molecule has 3 aromatic rings. The highest BCUT2D eigenvalue weighted by molar-refractivity contribution is 5.93. The summed E-state index contributed by atoms with van der Waals surface area (Å²) in [5, 5.41) is 11.6. The van der Waals surface area contributed by atoms with E-state index < -0.39 is 0 Å². The summed E-state index contributed by atoms with van der Waals surface area (Å²) in [6, 6.07) is 9.52. The van der Waals surface area contributed by atoms with Gasteiger partial charge in [0.25, 0.3) is 5.91 Å². The lowest BCUT2D eigenvalue weighted by Crippen LogP contribution is -2.37. The lowest BCUT2D eigenvalue weighted by molar-refractivity contribution is 0.0727. The normalized spacial score (nSPS) is 13.6. The van der Waals surface area contributed by atoms with Gasteiger partial charge in [0.15, 0.2) is 0 Å². The lowest BCUT2D eigenvalue weighted by atomic mass is 10.1. The Hall–Kier alpha value is -3.09. The zero-order chi connectivity index (χ0) is 17.2. The summed E-state index contributed by atoms with van der Waals surface area (Å²) in [4.78, 5) is 23.4. The van der Waals surface area contributed by atoms with Gasteiger partial charge in [0.2, 0.25) is 0 Å². The first-order valence-corrected chi connectivity index (χ1v) is 8.35. The van der Waals surface area contributed by atoms with E-state index in [2.05, 4.69) is 25.5 Å². The average Bonchev–Trinajstić information content (AvgIpc) is 2.66. The Morgan fingerprint density at radius 2 is 2.08 bits per heavy atom. The van der Waals surface area contributed by atoms with Crippen molar-refractivity contribution in [3.8, 4) is 0 Å². The van der Waals surface area contributed by atoms with Gasteiger partial charge in [-0.25, -0.2) is 4.98 Å². The van der Waals surface area contributed by atoms with Gasteiger partial charge in [-0.3, -0.25) is 9.78 Å². The van der Waals surface area contributed by atoms with Crippen LogP contribution in [0.5, 0.6) is 0 Å². The smallest absolute Gasteiger partial charge is 0.274 e. The van der Waals surface area contributed by atoms with E-state index >= 15 is 0 Å². The van der Waals surface area contributed by atoms with Gasteiger partial charge in [-0.2, -0.15) is 5.10 Å². The second kappa shape index (κ2) is 6.43. The van der Waals surface area contributed by atoms with Crippen LogP contribution in [0, 0.1) is 0 Å². The van der Waals surface area contributed by atoms with Gasteiger partial charge in [-0.05, 0) is 30.7 Å². The Morgan fingerprint density at radius 3 is 2.92 bits per heavy atom. The van der Waals surface area contributed by atoms with E-state index in [4.69, 9.17) is 0 Å². The highest BCUT2D eigenvalue weighted by atomic mass is 16.2. The molecule has 7 nitrogen and oxygen atoms in total. The molecular weight excluding hydrogens is 316 g/mol. The number of para-hydroxylation sites is 2. The van der Waals surface area contributed by atoms with E-state index in [1.807, 2.05) is 37.3 Å². The molecule has 3 heterocycles. The van der Waals surface area contributed by atoms with Crippen molar-refractivity contribution in [2.75, 3.05) is 18.4 Å². The number of fused-ring (bicyclic) bond motifs is 2. The molecule has 0 atom stereocenters. The van der Waals surface area contributed by atoms with Crippen molar-refractivity contribution < 1.29 is 4.79 Å². The molecule has 1 amide bonds. The molecule has 25 heavy (non-hydrogen) atoms. The number of nitrogens with one attached hydrogen (secondary N) is 1. The van der Waals surface area contributed by atoms with Gasteiger partial charge in [0.1, 0.15) is 11.5 Å². The first kappa shape index (κ1) is 15.4. The number of carbonyl (C=O) groups excluding carboxylic acids is 1. The summed E-state index contributed by atoms with van der Waals surface area (Å²) in [5.74, 6) is 0.631. The van der Waals surface area contributed by atoms with Crippen LogP contribution in [0.1, 0.15) is 28.7 Å². The van der Waals surface area contributed by atoms with E-state index in [1.54, 1.807) is 11.1 Å². The Morgan fingerprint density at radius 1 is 1.24 bits per heavy atom. The third-order valence-corrected chi connectivity index (χ3v) is 4.25. The summed E-state index contributed by atoms with van der Waals surface area (Å²) < 4.78 is 0. The highest BCUT2D eigenvalue weighted by Crippen LogP contribution is 2.20. The van der Waals surface area contributed by atoms with Crippen LogP contribution >= 0.6 is 0 Å². The van der Waals surface area contributed by atoms with Crippen molar-refractivity contribution in [2.24, 2.45) is 0 Å². The lowest BCUT2D eigenvalue weighted by Gasteiger charge is -2.27. The number of aromatic nitrogens is 4. The predicted octanol–water partition coefficient (Wildman–Crippen LogP) is 2.05. The molecule has 7 heteroatoms. The van der Waals surface area contributed by atoms with Crippen molar-refractivity contribution in [2.45, 2.75) is 19.9 Å².